The lowest BCUT2D eigenvalue weighted by atomic mass is 10.2. The summed E-state index contributed by atoms with van der Waals surface area (Å²) in [6.45, 7) is 3.45. The summed E-state index contributed by atoms with van der Waals surface area (Å²) >= 11 is 0. The van der Waals surface area contributed by atoms with Crippen LogP contribution in [0.1, 0.15) is 43.0 Å². The van der Waals surface area contributed by atoms with Crippen molar-refractivity contribution in [1.29, 1.82) is 0 Å². The van der Waals surface area contributed by atoms with Gasteiger partial charge in [-0.15, -0.1) is 0 Å². The summed E-state index contributed by atoms with van der Waals surface area (Å²) in [6.07, 6.45) is 3.28. The Balaban J connectivity index is 2.18. The number of hydrogen-bond acceptors (Lipinski definition) is 2. The molecule has 4 heteroatoms. The zero-order valence-electron chi connectivity index (χ0n) is 12.4. The van der Waals surface area contributed by atoms with Gasteiger partial charge in [-0.25, -0.2) is 0 Å². The van der Waals surface area contributed by atoms with Gasteiger partial charge in [-0.05, 0) is 25.0 Å². The van der Waals surface area contributed by atoms with Gasteiger partial charge in [0.15, 0.2) is 0 Å². The van der Waals surface area contributed by atoms with Gasteiger partial charge in [-0.1, -0.05) is 31.5 Å². The highest BCUT2D eigenvalue weighted by molar-refractivity contribution is 5.94. The number of rotatable bonds is 8. The Labute approximate surface area is 121 Å². The third-order valence-corrected chi connectivity index (χ3v) is 3.16. The highest BCUT2D eigenvalue weighted by atomic mass is 16.2. The molecule has 0 aliphatic carbocycles. The SMILES string of the molecule is CCCCN(C)C(=O)CCCNC(=O)c1ccccc1. The van der Waals surface area contributed by atoms with Gasteiger partial charge >= 0.3 is 0 Å². The number of hydrogen-bond donors (Lipinski definition) is 1. The van der Waals surface area contributed by atoms with E-state index in [0.717, 1.165) is 19.4 Å². The Morgan fingerprint density at radius 1 is 1.15 bits per heavy atom. The number of benzene rings is 1. The van der Waals surface area contributed by atoms with E-state index in [-0.39, 0.29) is 11.8 Å². The molecule has 0 atom stereocenters. The predicted molar refractivity (Wildman–Crippen MR) is 80.6 cm³/mol. The molecule has 0 radical (unpaired) electrons. The van der Waals surface area contributed by atoms with Crippen LogP contribution in [0.5, 0.6) is 0 Å². The van der Waals surface area contributed by atoms with E-state index in [1.165, 1.54) is 0 Å². The summed E-state index contributed by atoms with van der Waals surface area (Å²) in [7, 11) is 1.83. The summed E-state index contributed by atoms with van der Waals surface area (Å²) in [6, 6.07) is 9.10. The molecule has 2 amide bonds. The fourth-order valence-corrected chi connectivity index (χ4v) is 1.84. The number of amides is 2. The van der Waals surface area contributed by atoms with Crippen LogP contribution in [0.3, 0.4) is 0 Å². The summed E-state index contributed by atoms with van der Waals surface area (Å²) in [5.41, 5.74) is 0.652. The first-order valence-electron chi connectivity index (χ1n) is 7.22. The van der Waals surface area contributed by atoms with Crippen molar-refractivity contribution in [3.8, 4) is 0 Å². The van der Waals surface area contributed by atoms with E-state index in [4.69, 9.17) is 0 Å². The molecule has 1 N–H and O–H groups in total. The molecule has 0 unspecified atom stereocenters. The van der Waals surface area contributed by atoms with Crippen LogP contribution in [0.15, 0.2) is 30.3 Å². The van der Waals surface area contributed by atoms with Crippen LogP contribution in [0.2, 0.25) is 0 Å². The van der Waals surface area contributed by atoms with Crippen LogP contribution in [0.4, 0.5) is 0 Å². The van der Waals surface area contributed by atoms with Crippen LogP contribution in [0, 0.1) is 0 Å². The van der Waals surface area contributed by atoms with Crippen LogP contribution < -0.4 is 5.32 Å². The van der Waals surface area contributed by atoms with Crippen LogP contribution in [0.25, 0.3) is 0 Å². The number of nitrogens with zero attached hydrogens (tertiary/aromatic N) is 1. The Morgan fingerprint density at radius 3 is 2.50 bits per heavy atom. The van der Waals surface area contributed by atoms with Gasteiger partial charge in [0.2, 0.25) is 5.91 Å². The van der Waals surface area contributed by atoms with Crippen molar-refractivity contribution in [3.05, 3.63) is 35.9 Å². The van der Waals surface area contributed by atoms with Gasteiger partial charge in [0, 0.05) is 32.1 Å². The number of unbranched alkanes of at least 4 members (excludes halogenated alkanes) is 1. The molecule has 4 nitrogen and oxygen atoms in total. The Bertz CT molecular complexity index is 418. The van der Waals surface area contributed by atoms with E-state index in [9.17, 15) is 9.59 Å². The highest BCUT2D eigenvalue weighted by Gasteiger charge is 2.08. The molecule has 0 bridgehead atoms. The largest absolute Gasteiger partial charge is 0.352 e. The first-order chi connectivity index (χ1) is 9.65. The maximum absolute atomic E-state index is 11.8. The highest BCUT2D eigenvalue weighted by Crippen LogP contribution is 2.00. The minimum Gasteiger partial charge on any atom is -0.352 e. The molecule has 1 aromatic rings. The molecule has 110 valence electrons. The fourth-order valence-electron chi connectivity index (χ4n) is 1.84. The van der Waals surface area contributed by atoms with Crippen LogP contribution in [-0.4, -0.2) is 36.9 Å². The Kier molecular flexibility index (Phi) is 7.40. The monoisotopic (exact) mass is 276 g/mol. The first-order valence-corrected chi connectivity index (χ1v) is 7.22. The molecule has 0 saturated heterocycles. The molecular formula is C16H24N2O2. The zero-order chi connectivity index (χ0) is 14.8. The predicted octanol–water partition coefficient (Wildman–Crippen LogP) is 2.46. The lowest BCUT2D eigenvalue weighted by Gasteiger charge is -2.16. The summed E-state index contributed by atoms with van der Waals surface area (Å²) in [4.78, 5) is 25.3. The minimum absolute atomic E-state index is 0.0858. The topological polar surface area (TPSA) is 49.4 Å². The van der Waals surface area contributed by atoms with Crippen molar-refractivity contribution in [2.24, 2.45) is 0 Å². The van der Waals surface area contributed by atoms with Crippen molar-refractivity contribution in [1.82, 2.24) is 10.2 Å². The van der Waals surface area contributed by atoms with Crippen molar-refractivity contribution >= 4 is 11.8 Å². The molecule has 0 aliphatic heterocycles. The Hall–Kier alpha value is -1.84. The lowest BCUT2D eigenvalue weighted by molar-refractivity contribution is -0.130. The third-order valence-electron chi connectivity index (χ3n) is 3.16. The van der Waals surface area contributed by atoms with Crippen molar-refractivity contribution < 1.29 is 9.59 Å². The standard InChI is InChI=1S/C16H24N2O2/c1-3-4-13-18(2)15(19)11-8-12-17-16(20)14-9-6-5-7-10-14/h5-7,9-10H,3-4,8,11-13H2,1-2H3,(H,17,20). The molecule has 0 aromatic heterocycles. The smallest absolute Gasteiger partial charge is 0.251 e. The number of nitrogens with one attached hydrogen (secondary N) is 1. The maximum atomic E-state index is 11.8. The number of carbonyl (C=O) groups is 2. The molecule has 0 saturated carbocycles. The van der Waals surface area contributed by atoms with Gasteiger partial charge in [-0.2, -0.15) is 0 Å². The average Bonchev–Trinajstić information content (AvgIpc) is 2.49. The van der Waals surface area contributed by atoms with E-state index in [0.29, 0.717) is 24.9 Å². The van der Waals surface area contributed by atoms with Crippen LogP contribution >= 0.6 is 0 Å². The van der Waals surface area contributed by atoms with Crippen molar-refractivity contribution in [3.63, 3.8) is 0 Å². The summed E-state index contributed by atoms with van der Waals surface area (Å²) in [5, 5.41) is 2.83. The van der Waals surface area contributed by atoms with Crippen molar-refractivity contribution in [2.75, 3.05) is 20.1 Å². The first kappa shape index (κ1) is 16.2. The van der Waals surface area contributed by atoms with Crippen LogP contribution in [-0.2, 0) is 4.79 Å². The van der Waals surface area contributed by atoms with Gasteiger partial charge < -0.3 is 10.2 Å². The molecule has 0 heterocycles. The molecule has 20 heavy (non-hydrogen) atoms. The van der Waals surface area contributed by atoms with Gasteiger partial charge in [0.05, 0.1) is 0 Å². The zero-order valence-corrected chi connectivity index (χ0v) is 12.4. The fraction of sp³-hybridized carbons (Fsp3) is 0.500. The average molecular weight is 276 g/mol. The molecule has 0 aliphatic rings. The second-order valence-corrected chi connectivity index (χ2v) is 4.89. The molecule has 1 aromatic carbocycles. The second kappa shape index (κ2) is 9.13. The van der Waals surface area contributed by atoms with Gasteiger partial charge in [0.25, 0.3) is 5.91 Å². The van der Waals surface area contributed by atoms with E-state index in [1.807, 2.05) is 25.2 Å². The Morgan fingerprint density at radius 2 is 1.85 bits per heavy atom. The number of carbonyl (C=O) groups excluding carboxylic acids is 2. The molecule has 1 rings (SSSR count). The summed E-state index contributed by atoms with van der Waals surface area (Å²) < 4.78 is 0. The van der Waals surface area contributed by atoms with E-state index in [1.54, 1.807) is 17.0 Å². The maximum Gasteiger partial charge on any atom is 0.251 e. The van der Waals surface area contributed by atoms with E-state index < -0.39 is 0 Å². The van der Waals surface area contributed by atoms with Gasteiger partial charge in [-0.3, -0.25) is 9.59 Å². The van der Waals surface area contributed by atoms with Gasteiger partial charge in [0.1, 0.15) is 0 Å². The minimum atomic E-state index is -0.0858. The summed E-state index contributed by atoms with van der Waals surface area (Å²) in [5.74, 6) is 0.0600. The molecule has 0 spiro atoms. The van der Waals surface area contributed by atoms with Crippen molar-refractivity contribution in [2.45, 2.75) is 32.6 Å². The quantitative estimate of drug-likeness (QED) is 0.741. The van der Waals surface area contributed by atoms with E-state index >= 15 is 0 Å². The second-order valence-electron chi connectivity index (χ2n) is 4.89. The molecule has 0 fully saturated rings. The third kappa shape index (κ3) is 5.87. The lowest BCUT2D eigenvalue weighted by Crippen LogP contribution is -2.29. The normalized spacial score (nSPS) is 10.1. The van der Waals surface area contributed by atoms with E-state index in [2.05, 4.69) is 12.2 Å². The molecular weight excluding hydrogens is 252 g/mol.